The van der Waals surface area contributed by atoms with Crippen LogP contribution in [0.4, 0.5) is 0 Å². The summed E-state index contributed by atoms with van der Waals surface area (Å²) in [5.41, 5.74) is 0. The normalized spacial score (nSPS) is 14.7. The van der Waals surface area contributed by atoms with Gasteiger partial charge in [0, 0.05) is 24.1 Å². The number of thiophene rings is 1. The van der Waals surface area contributed by atoms with E-state index in [0.29, 0.717) is 32.3 Å². The molecule has 0 aliphatic carbocycles. The summed E-state index contributed by atoms with van der Waals surface area (Å²) >= 11 is 1.67. The molecule has 1 rings (SSSR count). The Labute approximate surface area is 126 Å². The Morgan fingerprint density at radius 1 is 1.30 bits per heavy atom. The van der Waals surface area contributed by atoms with Crippen LogP contribution in [-0.4, -0.2) is 43.6 Å². The Kier molecular flexibility index (Phi) is 9.05. The molecule has 20 heavy (non-hydrogen) atoms. The number of aliphatic hydroxyl groups is 1. The van der Waals surface area contributed by atoms with Crippen molar-refractivity contribution < 1.29 is 14.6 Å². The third kappa shape index (κ3) is 7.36. The quantitative estimate of drug-likeness (QED) is 0.658. The van der Waals surface area contributed by atoms with Crippen LogP contribution in [0.3, 0.4) is 0 Å². The largest absolute Gasteiger partial charge is 0.389 e. The standard InChI is InChI=1S/C15H27NO3S/c1-4-18-11-15(12(2)3)16-8-13(17)9-19-10-14-6-5-7-20-14/h5-7,12-13,15-17H,4,8-11H2,1-3H3. The third-order valence-corrected chi connectivity index (χ3v) is 3.91. The second-order valence-corrected chi connectivity index (χ2v) is 6.20. The molecule has 0 radical (unpaired) electrons. The van der Waals surface area contributed by atoms with Gasteiger partial charge in [-0.05, 0) is 24.3 Å². The van der Waals surface area contributed by atoms with Gasteiger partial charge in [0.05, 0.1) is 25.9 Å². The maximum atomic E-state index is 9.91. The predicted molar refractivity (Wildman–Crippen MR) is 83.1 cm³/mol. The molecule has 0 aliphatic heterocycles. The summed E-state index contributed by atoms with van der Waals surface area (Å²) in [6.07, 6.45) is -0.488. The Morgan fingerprint density at radius 3 is 2.70 bits per heavy atom. The Morgan fingerprint density at radius 2 is 2.10 bits per heavy atom. The van der Waals surface area contributed by atoms with Crippen molar-refractivity contribution in [3.8, 4) is 0 Å². The van der Waals surface area contributed by atoms with Gasteiger partial charge in [0.15, 0.2) is 0 Å². The Bertz CT molecular complexity index is 330. The highest BCUT2D eigenvalue weighted by molar-refractivity contribution is 7.09. The number of ether oxygens (including phenoxy) is 2. The summed E-state index contributed by atoms with van der Waals surface area (Å²) < 4.78 is 10.9. The average molecular weight is 301 g/mol. The molecule has 2 unspecified atom stereocenters. The minimum absolute atomic E-state index is 0.266. The highest BCUT2D eigenvalue weighted by atomic mass is 32.1. The van der Waals surface area contributed by atoms with Crippen molar-refractivity contribution in [2.45, 2.75) is 39.5 Å². The van der Waals surface area contributed by atoms with Crippen LogP contribution < -0.4 is 5.32 Å². The van der Waals surface area contributed by atoms with Crippen LogP contribution in [0.1, 0.15) is 25.6 Å². The van der Waals surface area contributed by atoms with E-state index in [2.05, 4.69) is 19.2 Å². The molecular formula is C15H27NO3S. The van der Waals surface area contributed by atoms with E-state index in [9.17, 15) is 5.11 Å². The molecule has 0 aliphatic rings. The zero-order chi connectivity index (χ0) is 14.8. The molecule has 0 spiro atoms. The van der Waals surface area contributed by atoms with Crippen molar-refractivity contribution in [2.24, 2.45) is 5.92 Å². The highest BCUT2D eigenvalue weighted by Crippen LogP contribution is 2.09. The van der Waals surface area contributed by atoms with Gasteiger partial charge in [-0.15, -0.1) is 11.3 Å². The van der Waals surface area contributed by atoms with Gasteiger partial charge in [0.2, 0.25) is 0 Å². The van der Waals surface area contributed by atoms with Gasteiger partial charge in [-0.2, -0.15) is 0 Å². The molecule has 1 aromatic heterocycles. The maximum Gasteiger partial charge on any atom is 0.0897 e. The van der Waals surface area contributed by atoms with Crippen molar-refractivity contribution >= 4 is 11.3 Å². The number of hydrogen-bond acceptors (Lipinski definition) is 5. The fourth-order valence-electron chi connectivity index (χ4n) is 1.77. The molecule has 1 heterocycles. The first-order chi connectivity index (χ1) is 9.63. The van der Waals surface area contributed by atoms with Crippen LogP contribution in [0.5, 0.6) is 0 Å². The van der Waals surface area contributed by atoms with Crippen molar-refractivity contribution in [3.63, 3.8) is 0 Å². The van der Waals surface area contributed by atoms with Gasteiger partial charge in [-0.3, -0.25) is 0 Å². The van der Waals surface area contributed by atoms with Crippen molar-refractivity contribution in [2.75, 3.05) is 26.4 Å². The first-order valence-corrected chi connectivity index (χ1v) is 8.10. The van der Waals surface area contributed by atoms with Crippen LogP contribution in [-0.2, 0) is 16.1 Å². The van der Waals surface area contributed by atoms with Gasteiger partial charge in [0.1, 0.15) is 0 Å². The molecule has 0 fully saturated rings. The molecule has 5 heteroatoms. The van der Waals surface area contributed by atoms with E-state index in [-0.39, 0.29) is 6.04 Å². The second kappa shape index (κ2) is 10.3. The van der Waals surface area contributed by atoms with Gasteiger partial charge >= 0.3 is 0 Å². The molecule has 0 saturated heterocycles. The minimum atomic E-state index is -0.488. The number of hydrogen-bond donors (Lipinski definition) is 2. The molecule has 0 saturated carbocycles. The summed E-state index contributed by atoms with van der Waals surface area (Å²) in [4.78, 5) is 1.18. The van der Waals surface area contributed by atoms with E-state index in [0.717, 1.165) is 6.61 Å². The molecule has 2 atom stereocenters. The first kappa shape index (κ1) is 17.6. The van der Waals surface area contributed by atoms with Gasteiger partial charge < -0.3 is 19.9 Å². The molecular weight excluding hydrogens is 274 g/mol. The summed E-state index contributed by atoms with van der Waals surface area (Å²) in [5, 5.41) is 15.3. The van der Waals surface area contributed by atoms with Crippen LogP contribution in [0.2, 0.25) is 0 Å². The van der Waals surface area contributed by atoms with E-state index in [1.165, 1.54) is 4.88 Å². The lowest BCUT2D eigenvalue weighted by atomic mass is 10.1. The highest BCUT2D eigenvalue weighted by Gasteiger charge is 2.14. The number of rotatable bonds is 11. The zero-order valence-corrected chi connectivity index (χ0v) is 13.5. The predicted octanol–water partition coefficient (Wildman–Crippen LogP) is 2.28. The van der Waals surface area contributed by atoms with E-state index >= 15 is 0 Å². The third-order valence-electron chi connectivity index (χ3n) is 3.06. The summed E-state index contributed by atoms with van der Waals surface area (Å²) in [6.45, 7) is 9.14. The van der Waals surface area contributed by atoms with E-state index in [1.54, 1.807) is 11.3 Å². The lowest BCUT2D eigenvalue weighted by Crippen LogP contribution is -2.43. The average Bonchev–Trinajstić information content (AvgIpc) is 2.91. The molecule has 1 aromatic rings. The SMILES string of the molecule is CCOCC(NCC(O)COCc1cccs1)C(C)C. The first-order valence-electron chi connectivity index (χ1n) is 7.22. The van der Waals surface area contributed by atoms with E-state index in [1.807, 2.05) is 24.4 Å². The molecule has 4 nitrogen and oxygen atoms in total. The van der Waals surface area contributed by atoms with Crippen LogP contribution in [0.25, 0.3) is 0 Å². The molecule has 0 amide bonds. The zero-order valence-electron chi connectivity index (χ0n) is 12.7. The molecule has 0 bridgehead atoms. The molecule has 116 valence electrons. The summed E-state index contributed by atoms with van der Waals surface area (Å²) in [6, 6.07) is 4.30. The van der Waals surface area contributed by atoms with E-state index < -0.39 is 6.10 Å². The minimum Gasteiger partial charge on any atom is -0.389 e. The number of nitrogens with one attached hydrogen (secondary N) is 1. The van der Waals surface area contributed by atoms with Crippen molar-refractivity contribution in [3.05, 3.63) is 22.4 Å². The lowest BCUT2D eigenvalue weighted by molar-refractivity contribution is 0.0244. The lowest BCUT2D eigenvalue weighted by Gasteiger charge is -2.23. The monoisotopic (exact) mass is 301 g/mol. The second-order valence-electron chi connectivity index (χ2n) is 5.17. The van der Waals surface area contributed by atoms with E-state index in [4.69, 9.17) is 9.47 Å². The van der Waals surface area contributed by atoms with Crippen molar-refractivity contribution in [1.82, 2.24) is 5.32 Å². The van der Waals surface area contributed by atoms with Gasteiger partial charge in [-0.25, -0.2) is 0 Å². The summed E-state index contributed by atoms with van der Waals surface area (Å²) in [5.74, 6) is 0.473. The van der Waals surface area contributed by atoms with Crippen LogP contribution in [0.15, 0.2) is 17.5 Å². The number of aliphatic hydroxyl groups excluding tert-OH is 1. The van der Waals surface area contributed by atoms with Crippen LogP contribution >= 0.6 is 11.3 Å². The van der Waals surface area contributed by atoms with Gasteiger partial charge in [0.25, 0.3) is 0 Å². The Hall–Kier alpha value is -0.460. The van der Waals surface area contributed by atoms with Crippen LogP contribution in [0, 0.1) is 5.92 Å². The fourth-order valence-corrected chi connectivity index (χ4v) is 2.41. The Balaban J connectivity index is 2.15. The topological polar surface area (TPSA) is 50.7 Å². The molecule has 2 N–H and O–H groups in total. The van der Waals surface area contributed by atoms with Crippen molar-refractivity contribution in [1.29, 1.82) is 0 Å². The van der Waals surface area contributed by atoms with Gasteiger partial charge in [-0.1, -0.05) is 19.9 Å². The smallest absolute Gasteiger partial charge is 0.0897 e. The fraction of sp³-hybridized carbons (Fsp3) is 0.733. The molecule has 0 aromatic carbocycles. The maximum absolute atomic E-state index is 9.91. The summed E-state index contributed by atoms with van der Waals surface area (Å²) in [7, 11) is 0.